The second-order valence-corrected chi connectivity index (χ2v) is 4.96. The summed E-state index contributed by atoms with van der Waals surface area (Å²) in [4.78, 5) is 25.1. The van der Waals surface area contributed by atoms with Gasteiger partial charge in [-0.1, -0.05) is 0 Å². The first-order valence-corrected chi connectivity index (χ1v) is 5.96. The molecule has 16 heavy (non-hydrogen) atoms. The van der Waals surface area contributed by atoms with Crippen molar-refractivity contribution in [3.05, 3.63) is 11.3 Å². The van der Waals surface area contributed by atoms with Crippen LogP contribution in [0.15, 0.2) is 11.3 Å². The van der Waals surface area contributed by atoms with E-state index in [1.54, 1.807) is 0 Å². The molecule has 0 aromatic heterocycles. The van der Waals surface area contributed by atoms with Crippen LogP contribution in [-0.4, -0.2) is 33.8 Å². The van der Waals surface area contributed by atoms with Crippen molar-refractivity contribution in [2.75, 3.05) is 6.54 Å². The SMILES string of the molecule is O=C1C(=O)N2CCCC[C@]3(O)CCCC1=C23. The zero-order valence-corrected chi connectivity index (χ0v) is 9.16. The number of ketones is 1. The first-order chi connectivity index (χ1) is 7.63. The van der Waals surface area contributed by atoms with Gasteiger partial charge < -0.3 is 10.0 Å². The minimum atomic E-state index is -0.911. The molecule has 0 spiro atoms. The van der Waals surface area contributed by atoms with Crippen LogP contribution in [0.25, 0.3) is 0 Å². The topological polar surface area (TPSA) is 57.6 Å². The van der Waals surface area contributed by atoms with Crippen molar-refractivity contribution in [2.45, 2.75) is 44.1 Å². The molecule has 0 unspecified atom stereocenters. The van der Waals surface area contributed by atoms with Gasteiger partial charge in [0.25, 0.3) is 5.91 Å². The lowest BCUT2D eigenvalue weighted by atomic mass is 9.81. The number of carbonyl (C=O) groups is 2. The molecule has 0 bridgehead atoms. The van der Waals surface area contributed by atoms with Crippen LogP contribution < -0.4 is 0 Å². The summed E-state index contributed by atoms with van der Waals surface area (Å²) in [6, 6.07) is 0. The highest BCUT2D eigenvalue weighted by molar-refractivity contribution is 6.45. The minimum Gasteiger partial charge on any atom is -0.384 e. The van der Waals surface area contributed by atoms with Crippen molar-refractivity contribution >= 4 is 11.7 Å². The molecule has 0 aromatic rings. The predicted molar refractivity (Wildman–Crippen MR) is 56.4 cm³/mol. The number of hydrogen-bond donors (Lipinski definition) is 1. The Morgan fingerprint density at radius 2 is 1.88 bits per heavy atom. The number of nitrogens with zero attached hydrogens (tertiary/aromatic N) is 1. The van der Waals surface area contributed by atoms with Crippen LogP contribution in [0.3, 0.4) is 0 Å². The van der Waals surface area contributed by atoms with Gasteiger partial charge in [0.2, 0.25) is 5.78 Å². The number of amides is 1. The molecule has 0 aromatic carbocycles. The van der Waals surface area contributed by atoms with E-state index < -0.39 is 11.5 Å². The standard InChI is InChI=1S/C12H15NO3/c14-9-8-4-3-6-12(16)5-1-2-7-13(10(8)12)11(9)15/h16H,1-7H2/t12-/m0/s1. The fraction of sp³-hybridized carbons (Fsp3) is 0.667. The molecule has 4 nitrogen and oxygen atoms in total. The summed E-state index contributed by atoms with van der Waals surface area (Å²) in [5.41, 5.74) is 0.318. The minimum absolute atomic E-state index is 0.380. The van der Waals surface area contributed by atoms with Gasteiger partial charge in [0.1, 0.15) is 5.60 Å². The van der Waals surface area contributed by atoms with Crippen LogP contribution in [0, 0.1) is 0 Å². The van der Waals surface area contributed by atoms with Crippen molar-refractivity contribution in [1.29, 1.82) is 0 Å². The van der Waals surface area contributed by atoms with Gasteiger partial charge in [-0.15, -0.1) is 0 Å². The Bertz CT molecular complexity index is 412. The molecule has 3 aliphatic rings. The second kappa shape index (κ2) is 3.17. The fourth-order valence-electron chi connectivity index (χ4n) is 3.21. The first kappa shape index (κ1) is 10.0. The van der Waals surface area contributed by atoms with Crippen LogP contribution in [0.2, 0.25) is 0 Å². The Morgan fingerprint density at radius 3 is 2.69 bits per heavy atom. The molecule has 2 aliphatic heterocycles. The van der Waals surface area contributed by atoms with Crippen molar-refractivity contribution < 1.29 is 14.7 Å². The maximum Gasteiger partial charge on any atom is 0.298 e. The Labute approximate surface area is 93.9 Å². The summed E-state index contributed by atoms with van der Waals surface area (Å²) in [6.07, 6.45) is 4.62. The molecule has 1 saturated heterocycles. The second-order valence-electron chi connectivity index (χ2n) is 4.96. The Hall–Kier alpha value is -1.16. The Kier molecular flexibility index (Phi) is 1.98. The smallest absolute Gasteiger partial charge is 0.298 e. The van der Waals surface area contributed by atoms with Crippen molar-refractivity contribution in [3.8, 4) is 0 Å². The molecule has 3 rings (SSSR count). The number of carbonyl (C=O) groups excluding carboxylic acids is 2. The van der Waals surface area contributed by atoms with Crippen LogP contribution in [0.5, 0.6) is 0 Å². The van der Waals surface area contributed by atoms with E-state index in [9.17, 15) is 14.7 Å². The van der Waals surface area contributed by atoms with Crippen molar-refractivity contribution in [1.82, 2.24) is 4.90 Å². The maximum absolute atomic E-state index is 11.8. The van der Waals surface area contributed by atoms with Crippen molar-refractivity contribution in [2.24, 2.45) is 0 Å². The normalized spacial score (nSPS) is 34.2. The summed E-state index contributed by atoms with van der Waals surface area (Å²) < 4.78 is 0. The summed E-state index contributed by atoms with van der Waals surface area (Å²) >= 11 is 0. The van der Waals surface area contributed by atoms with Gasteiger partial charge >= 0.3 is 0 Å². The van der Waals surface area contributed by atoms with E-state index in [1.807, 2.05) is 0 Å². The average Bonchev–Trinajstić information content (AvgIpc) is 2.45. The van der Waals surface area contributed by atoms with E-state index >= 15 is 0 Å². The molecule has 4 heteroatoms. The molecule has 1 amide bonds. The molecule has 2 heterocycles. The molecule has 1 fully saturated rings. The van der Waals surface area contributed by atoms with Gasteiger partial charge in [0, 0.05) is 12.1 Å². The number of rotatable bonds is 0. The lowest BCUT2D eigenvalue weighted by Gasteiger charge is -2.35. The first-order valence-electron chi connectivity index (χ1n) is 5.96. The zero-order chi connectivity index (χ0) is 11.3. The van der Waals surface area contributed by atoms with Crippen LogP contribution in [0.4, 0.5) is 0 Å². The highest BCUT2D eigenvalue weighted by Crippen LogP contribution is 2.44. The highest BCUT2D eigenvalue weighted by Gasteiger charge is 2.50. The molecule has 1 aliphatic carbocycles. The van der Waals surface area contributed by atoms with Crippen LogP contribution in [-0.2, 0) is 9.59 Å². The number of Topliss-reactive ketones (excluding diaryl/α,β-unsaturated/α-hetero) is 1. The van der Waals surface area contributed by atoms with Crippen LogP contribution >= 0.6 is 0 Å². The number of aliphatic hydroxyl groups is 1. The maximum atomic E-state index is 11.8. The molecular formula is C12H15NO3. The lowest BCUT2D eigenvalue weighted by molar-refractivity contribution is -0.140. The largest absolute Gasteiger partial charge is 0.384 e. The highest BCUT2D eigenvalue weighted by atomic mass is 16.3. The summed E-state index contributed by atoms with van der Waals surface area (Å²) in [7, 11) is 0. The van der Waals surface area contributed by atoms with Gasteiger partial charge in [0.15, 0.2) is 0 Å². The summed E-state index contributed by atoms with van der Waals surface area (Å²) in [5, 5.41) is 10.6. The quantitative estimate of drug-likeness (QED) is 0.614. The molecule has 86 valence electrons. The van der Waals surface area contributed by atoms with E-state index in [1.165, 1.54) is 4.90 Å². The monoisotopic (exact) mass is 221 g/mol. The van der Waals surface area contributed by atoms with Gasteiger partial charge in [-0.05, 0) is 38.5 Å². The average molecular weight is 221 g/mol. The van der Waals surface area contributed by atoms with Crippen molar-refractivity contribution in [3.63, 3.8) is 0 Å². The molecule has 1 atom stereocenters. The predicted octanol–water partition coefficient (Wildman–Crippen LogP) is 0.751. The van der Waals surface area contributed by atoms with E-state index in [-0.39, 0.29) is 5.78 Å². The molecular weight excluding hydrogens is 206 g/mol. The van der Waals surface area contributed by atoms with Gasteiger partial charge in [-0.3, -0.25) is 9.59 Å². The van der Waals surface area contributed by atoms with Gasteiger partial charge in [-0.25, -0.2) is 0 Å². The fourth-order valence-corrected chi connectivity index (χ4v) is 3.21. The lowest BCUT2D eigenvalue weighted by Crippen LogP contribution is -2.40. The third-order valence-electron chi connectivity index (χ3n) is 3.95. The zero-order valence-electron chi connectivity index (χ0n) is 9.16. The van der Waals surface area contributed by atoms with E-state index in [0.29, 0.717) is 37.1 Å². The Morgan fingerprint density at radius 1 is 1.12 bits per heavy atom. The summed E-state index contributed by atoms with van der Waals surface area (Å²) in [5.74, 6) is -0.803. The molecule has 0 radical (unpaired) electrons. The molecule has 1 N–H and O–H groups in total. The molecule has 0 saturated carbocycles. The van der Waals surface area contributed by atoms with Gasteiger partial charge in [0.05, 0.1) is 5.70 Å². The Balaban J connectivity index is 2.16. The third-order valence-corrected chi connectivity index (χ3v) is 3.95. The van der Waals surface area contributed by atoms with E-state index in [0.717, 1.165) is 19.3 Å². The van der Waals surface area contributed by atoms with Gasteiger partial charge in [-0.2, -0.15) is 0 Å². The van der Waals surface area contributed by atoms with E-state index in [2.05, 4.69) is 0 Å². The van der Waals surface area contributed by atoms with E-state index in [4.69, 9.17) is 0 Å². The van der Waals surface area contributed by atoms with Crippen LogP contribution in [0.1, 0.15) is 38.5 Å². The number of hydrogen-bond acceptors (Lipinski definition) is 3. The summed E-state index contributed by atoms with van der Waals surface area (Å²) in [6.45, 7) is 0.589. The third kappa shape index (κ3) is 1.13.